The predicted molar refractivity (Wildman–Crippen MR) is 63.7 cm³/mol. The van der Waals surface area contributed by atoms with Crippen LogP contribution < -0.4 is 11.1 Å². The molecule has 0 saturated carbocycles. The molecule has 4 N–H and O–H groups in total. The minimum absolute atomic E-state index is 0.315. The molecule has 94 valence electrons. The van der Waals surface area contributed by atoms with Crippen molar-refractivity contribution in [1.82, 2.24) is 4.98 Å². The molecule has 1 amide bonds. The van der Waals surface area contributed by atoms with Crippen LogP contribution in [0.15, 0.2) is 18.3 Å². The first-order valence-corrected chi connectivity index (χ1v) is 5.30. The molecule has 0 aliphatic carbocycles. The fraction of sp³-hybridized carbons (Fsp3) is 0.455. The number of hydrogen-bond donors (Lipinski definition) is 3. The van der Waals surface area contributed by atoms with Crippen LogP contribution >= 0.6 is 0 Å². The van der Waals surface area contributed by atoms with Crippen LogP contribution in [0.1, 0.15) is 16.8 Å². The van der Waals surface area contributed by atoms with Crippen LogP contribution in [-0.4, -0.2) is 42.4 Å². The molecule has 0 aliphatic rings. The zero-order valence-corrected chi connectivity index (χ0v) is 9.72. The van der Waals surface area contributed by atoms with E-state index in [-0.39, 0.29) is 0 Å². The molecule has 1 aromatic rings. The Hall–Kier alpha value is -1.66. The Kier molecular flexibility index (Phi) is 5.38. The largest absolute Gasteiger partial charge is 0.391 e. The molecule has 0 aliphatic heterocycles. The van der Waals surface area contributed by atoms with Gasteiger partial charge in [-0.3, -0.25) is 4.79 Å². The Morgan fingerprint density at radius 1 is 1.65 bits per heavy atom. The van der Waals surface area contributed by atoms with Crippen LogP contribution in [0.4, 0.5) is 5.82 Å². The van der Waals surface area contributed by atoms with Crippen molar-refractivity contribution in [3.8, 4) is 0 Å². The zero-order valence-electron chi connectivity index (χ0n) is 9.72. The number of carbonyl (C=O) groups excluding carboxylic acids is 1. The Morgan fingerprint density at radius 2 is 2.41 bits per heavy atom. The first kappa shape index (κ1) is 13.4. The third kappa shape index (κ3) is 4.80. The quantitative estimate of drug-likeness (QED) is 0.621. The second kappa shape index (κ2) is 6.82. The van der Waals surface area contributed by atoms with Gasteiger partial charge in [-0.1, -0.05) is 0 Å². The number of nitrogens with zero attached hydrogens (tertiary/aromatic N) is 1. The van der Waals surface area contributed by atoms with Gasteiger partial charge in [0.15, 0.2) is 0 Å². The maximum absolute atomic E-state index is 10.8. The highest BCUT2D eigenvalue weighted by Crippen LogP contribution is 2.04. The summed E-state index contributed by atoms with van der Waals surface area (Å²) in [5.41, 5.74) is 5.46. The van der Waals surface area contributed by atoms with E-state index in [1.54, 1.807) is 19.2 Å². The van der Waals surface area contributed by atoms with Crippen LogP contribution in [0.25, 0.3) is 0 Å². The Bertz CT molecular complexity index is 353. The third-order valence-electron chi connectivity index (χ3n) is 2.19. The zero-order chi connectivity index (χ0) is 12.7. The highest BCUT2D eigenvalue weighted by molar-refractivity contribution is 5.92. The summed E-state index contributed by atoms with van der Waals surface area (Å²) < 4.78 is 4.80. The number of aromatic nitrogens is 1. The standard InChI is InChI=1S/C11H17N3O3/c1-17-7-9(15)4-5-13-10-3-2-8(6-14-10)11(12)16/h2-3,6,9,15H,4-5,7H2,1H3,(H2,12,16)(H,13,14). The third-order valence-corrected chi connectivity index (χ3v) is 2.19. The lowest BCUT2D eigenvalue weighted by atomic mass is 10.2. The maximum atomic E-state index is 10.8. The normalized spacial score (nSPS) is 12.1. The molecule has 17 heavy (non-hydrogen) atoms. The molecule has 0 bridgehead atoms. The first-order chi connectivity index (χ1) is 8.13. The van der Waals surface area contributed by atoms with E-state index in [9.17, 15) is 9.90 Å². The molecule has 0 fully saturated rings. The summed E-state index contributed by atoms with van der Waals surface area (Å²) in [5, 5.41) is 12.4. The topological polar surface area (TPSA) is 97.5 Å². The van der Waals surface area contributed by atoms with Gasteiger partial charge in [0.25, 0.3) is 0 Å². The fourth-order valence-electron chi connectivity index (χ4n) is 1.29. The second-order valence-electron chi connectivity index (χ2n) is 3.62. The molecule has 0 aromatic carbocycles. The Morgan fingerprint density at radius 3 is 2.94 bits per heavy atom. The molecule has 1 aromatic heterocycles. The van der Waals surface area contributed by atoms with Gasteiger partial charge in [0.1, 0.15) is 5.82 Å². The van der Waals surface area contributed by atoms with E-state index in [1.165, 1.54) is 6.20 Å². The average molecular weight is 239 g/mol. The van der Waals surface area contributed by atoms with Crippen molar-refractivity contribution in [3.05, 3.63) is 23.9 Å². The molecule has 6 heteroatoms. The molecule has 1 unspecified atom stereocenters. The van der Waals surface area contributed by atoms with Gasteiger partial charge in [-0.2, -0.15) is 0 Å². The van der Waals surface area contributed by atoms with Crippen LogP contribution in [0.5, 0.6) is 0 Å². The molecular formula is C11H17N3O3. The smallest absolute Gasteiger partial charge is 0.250 e. The van der Waals surface area contributed by atoms with E-state index < -0.39 is 12.0 Å². The van der Waals surface area contributed by atoms with Gasteiger partial charge < -0.3 is 20.9 Å². The number of amides is 1. The van der Waals surface area contributed by atoms with Gasteiger partial charge in [-0.05, 0) is 18.6 Å². The van der Waals surface area contributed by atoms with Crippen LogP contribution in [0.2, 0.25) is 0 Å². The number of rotatable bonds is 7. The van der Waals surface area contributed by atoms with Gasteiger partial charge >= 0.3 is 0 Å². The van der Waals surface area contributed by atoms with Gasteiger partial charge in [-0.15, -0.1) is 0 Å². The molecular weight excluding hydrogens is 222 g/mol. The van der Waals surface area contributed by atoms with E-state index in [0.29, 0.717) is 31.0 Å². The first-order valence-electron chi connectivity index (χ1n) is 5.30. The predicted octanol–water partition coefficient (Wildman–Crippen LogP) is -0.0102. The lowest BCUT2D eigenvalue weighted by Gasteiger charge is -2.10. The van der Waals surface area contributed by atoms with Gasteiger partial charge in [0, 0.05) is 19.9 Å². The minimum atomic E-state index is -0.500. The van der Waals surface area contributed by atoms with E-state index >= 15 is 0 Å². The SMILES string of the molecule is COCC(O)CCNc1ccc(C(N)=O)cn1. The number of hydrogen-bond acceptors (Lipinski definition) is 5. The molecule has 1 heterocycles. The number of nitrogens with one attached hydrogen (secondary N) is 1. The summed E-state index contributed by atoms with van der Waals surface area (Å²) in [6.07, 6.45) is 1.49. The number of pyridine rings is 1. The van der Waals surface area contributed by atoms with Crippen LogP contribution in [0, 0.1) is 0 Å². The van der Waals surface area contributed by atoms with Gasteiger partial charge in [-0.25, -0.2) is 4.98 Å². The van der Waals surface area contributed by atoms with Crippen molar-refractivity contribution in [2.75, 3.05) is 25.6 Å². The molecule has 1 atom stereocenters. The van der Waals surface area contributed by atoms with Crippen LogP contribution in [0.3, 0.4) is 0 Å². The summed E-state index contributed by atoms with van der Waals surface area (Å²) in [6.45, 7) is 0.892. The Balaban J connectivity index is 2.34. The number of aliphatic hydroxyl groups excluding tert-OH is 1. The van der Waals surface area contributed by atoms with Crippen LogP contribution in [-0.2, 0) is 4.74 Å². The van der Waals surface area contributed by atoms with Crippen molar-refractivity contribution < 1.29 is 14.6 Å². The summed E-state index contributed by atoms with van der Waals surface area (Å²) in [6, 6.07) is 3.27. The fourth-order valence-corrected chi connectivity index (χ4v) is 1.29. The molecule has 6 nitrogen and oxygen atoms in total. The highest BCUT2D eigenvalue weighted by Gasteiger charge is 2.03. The molecule has 1 rings (SSSR count). The van der Waals surface area contributed by atoms with Crippen molar-refractivity contribution in [2.45, 2.75) is 12.5 Å². The molecule has 0 spiro atoms. The summed E-state index contributed by atoms with van der Waals surface area (Å²) in [7, 11) is 1.54. The van der Waals surface area contributed by atoms with E-state index in [1.807, 2.05) is 0 Å². The molecule has 0 radical (unpaired) electrons. The number of aliphatic hydroxyl groups is 1. The number of carbonyl (C=O) groups is 1. The van der Waals surface area contributed by atoms with Crippen molar-refractivity contribution in [1.29, 1.82) is 0 Å². The lowest BCUT2D eigenvalue weighted by Crippen LogP contribution is -2.18. The summed E-state index contributed by atoms with van der Waals surface area (Å²) in [4.78, 5) is 14.8. The Labute approximate surface area is 99.8 Å². The number of nitrogens with two attached hydrogens (primary N) is 1. The van der Waals surface area contributed by atoms with E-state index in [2.05, 4.69) is 10.3 Å². The summed E-state index contributed by atoms with van der Waals surface area (Å²) in [5.74, 6) is 0.138. The maximum Gasteiger partial charge on any atom is 0.250 e. The monoisotopic (exact) mass is 239 g/mol. The number of primary amides is 1. The number of ether oxygens (including phenoxy) is 1. The average Bonchev–Trinajstić information content (AvgIpc) is 2.30. The van der Waals surface area contributed by atoms with E-state index in [4.69, 9.17) is 10.5 Å². The molecule has 0 saturated heterocycles. The van der Waals surface area contributed by atoms with E-state index in [0.717, 1.165) is 0 Å². The van der Waals surface area contributed by atoms with Crippen molar-refractivity contribution in [3.63, 3.8) is 0 Å². The number of methoxy groups -OCH3 is 1. The second-order valence-corrected chi connectivity index (χ2v) is 3.62. The summed E-state index contributed by atoms with van der Waals surface area (Å²) >= 11 is 0. The number of anilines is 1. The van der Waals surface area contributed by atoms with Crippen molar-refractivity contribution in [2.24, 2.45) is 5.73 Å². The highest BCUT2D eigenvalue weighted by atomic mass is 16.5. The van der Waals surface area contributed by atoms with Gasteiger partial charge in [0.05, 0.1) is 18.3 Å². The van der Waals surface area contributed by atoms with Crippen molar-refractivity contribution >= 4 is 11.7 Å². The van der Waals surface area contributed by atoms with Gasteiger partial charge in [0.2, 0.25) is 5.91 Å². The lowest BCUT2D eigenvalue weighted by molar-refractivity contribution is 0.0615. The minimum Gasteiger partial charge on any atom is -0.391 e.